The minimum Gasteiger partial charge on any atom is -0.338 e. The third-order valence-corrected chi connectivity index (χ3v) is 4.13. The normalized spacial score (nSPS) is 11.1. The largest absolute Gasteiger partial charge is 0.338 e. The highest BCUT2D eigenvalue weighted by Gasteiger charge is 2.12. The number of halogens is 2. The molecule has 0 unspecified atom stereocenters. The first-order chi connectivity index (χ1) is 8.63. The summed E-state index contributed by atoms with van der Waals surface area (Å²) in [5.41, 5.74) is 0.907. The van der Waals surface area contributed by atoms with Crippen LogP contribution in [0.15, 0.2) is 30.3 Å². The Morgan fingerprint density at radius 2 is 2.11 bits per heavy atom. The fourth-order valence-electron chi connectivity index (χ4n) is 1.81. The quantitative estimate of drug-likeness (QED) is 0.744. The molecule has 6 heteroatoms. The van der Waals surface area contributed by atoms with E-state index >= 15 is 0 Å². The number of aryl methyl sites for hydroxylation is 1. The van der Waals surface area contributed by atoms with Gasteiger partial charge in [-0.2, -0.15) is 5.10 Å². The van der Waals surface area contributed by atoms with Crippen molar-refractivity contribution in [1.82, 2.24) is 9.78 Å². The van der Waals surface area contributed by atoms with Crippen molar-refractivity contribution in [2.45, 2.75) is 0 Å². The molecule has 3 rings (SSSR count). The second kappa shape index (κ2) is 4.46. The lowest BCUT2D eigenvalue weighted by atomic mass is 10.3. The summed E-state index contributed by atoms with van der Waals surface area (Å²) in [6.45, 7) is 0. The van der Waals surface area contributed by atoms with E-state index in [9.17, 15) is 0 Å². The summed E-state index contributed by atoms with van der Waals surface area (Å²) < 4.78 is 2.57. The lowest BCUT2D eigenvalue weighted by Crippen LogP contribution is -1.94. The smallest absolute Gasteiger partial charge is 0.161 e. The molecule has 0 saturated carbocycles. The van der Waals surface area contributed by atoms with Gasteiger partial charge in [0, 0.05) is 17.8 Å². The standard InChI is InChI=1S/C12H9Cl2N3S/c1-17-12-9(6-10(14)18-12)11(16-17)15-8-4-2-3-7(13)5-8/h2-6H,1H3,(H,15,16). The van der Waals surface area contributed by atoms with E-state index in [2.05, 4.69) is 10.4 Å². The third-order valence-electron chi connectivity index (χ3n) is 2.57. The molecule has 92 valence electrons. The van der Waals surface area contributed by atoms with Crippen LogP contribution in [0, 0.1) is 0 Å². The molecule has 0 fully saturated rings. The van der Waals surface area contributed by atoms with Crippen molar-refractivity contribution in [2.75, 3.05) is 5.32 Å². The molecule has 0 spiro atoms. The van der Waals surface area contributed by atoms with Crippen molar-refractivity contribution in [3.05, 3.63) is 39.7 Å². The second-order valence-corrected chi connectivity index (χ2v) is 5.98. The number of benzene rings is 1. The molecule has 0 saturated heterocycles. The van der Waals surface area contributed by atoms with Gasteiger partial charge in [-0.3, -0.25) is 4.68 Å². The lowest BCUT2D eigenvalue weighted by Gasteiger charge is -2.03. The molecule has 0 aliphatic heterocycles. The SMILES string of the molecule is Cn1nc(Nc2cccc(Cl)c2)c2cc(Cl)sc21. The van der Waals surface area contributed by atoms with E-state index in [0.29, 0.717) is 5.02 Å². The molecule has 0 radical (unpaired) electrons. The Labute approximate surface area is 118 Å². The number of nitrogens with one attached hydrogen (secondary N) is 1. The van der Waals surface area contributed by atoms with Crippen LogP contribution in [0.1, 0.15) is 0 Å². The fourth-order valence-corrected chi connectivity index (χ4v) is 3.13. The van der Waals surface area contributed by atoms with Gasteiger partial charge in [-0.15, -0.1) is 11.3 Å². The number of fused-ring (bicyclic) bond motifs is 1. The van der Waals surface area contributed by atoms with Crippen LogP contribution in [0.5, 0.6) is 0 Å². The minimum absolute atomic E-state index is 0.690. The van der Waals surface area contributed by atoms with Crippen LogP contribution in [0.25, 0.3) is 10.2 Å². The maximum absolute atomic E-state index is 6.03. The molecule has 3 nitrogen and oxygen atoms in total. The highest BCUT2D eigenvalue weighted by atomic mass is 35.5. The predicted octanol–water partition coefficient (Wildman–Crippen LogP) is 4.69. The summed E-state index contributed by atoms with van der Waals surface area (Å²) in [4.78, 5) is 1.05. The molecular weight excluding hydrogens is 289 g/mol. The molecule has 0 aliphatic carbocycles. The zero-order chi connectivity index (χ0) is 12.7. The van der Waals surface area contributed by atoms with Crippen molar-refractivity contribution in [2.24, 2.45) is 7.05 Å². The Morgan fingerprint density at radius 3 is 2.89 bits per heavy atom. The Bertz CT molecular complexity index is 717. The number of thiophene rings is 1. The summed E-state index contributed by atoms with van der Waals surface area (Å²) >= 11 is 13.5. The number of anilines is 2. The average Bonchev–Trinajstić information content (AvgIpc) is 2.81. The van der Waals surface area contributed by atoms with Gasteiger partial charge >= 0.3 is 0 Å². The molecule has 0 bridgehead atoms. The Morgan fingerprint density at radius 1 is 1.28 bits per heavy atom. The van der Waals surface area contributed by atoms with Gasteiger partial charge in [0.25, 0.3) is 0 Å². The van der Waals surface area contributed by atoms with Crippen LogP contribution in [0.2, 0.25) is 9.36 Å². The van der Waals surface area contributed by atoms with Crippen LogP contribution in [-0.2, 0) is 7.05 Å². The van der Waals surface area contributed by atoms with E-state index in [1.165, 1.54) is 11.3 Å². The topological polar surface area (TPSA) is 29.9 Å². The van der Waals surface area contributed by atoms with Crippen molar-refractivity contribution < 1.29 is 0 Å². The van der Waals surface area contributed by atoms with Gasteiger partial charge < -0.3 is 5.32 Å². The minimum atomic E-state index is 0.690. The molecule has 18 heavy (non-hydrogen) atoms. The van der Waals surface area contributed by atoms with Gasteiger partial charge in [0.2, 0.25) is 0 Å². The maximum atomic E-state index is 6.03. The predicted molar refractivity (Wildman–Crippen MR) is 78.3 cm³/mol. The zero-order valence-electron chi connectivity index (χ0n) is 9.45. The molecule has 2 heterocycles. The van der Waals surface area contributed by atoms with Gasteiger partial charge in [-0.25, -0.2) is 0 Å². The van der Waals surface area contributed by atoms with Gasteiger partial charge in [0.1, 0.15) is 4.83 Å². The first kappa shape index (κ1) is 11.8. The van der Waals surface area contributed by atoms with Gasteiger partial charge in [-0.1, -0.05) is 29.3 Å². The summed E-state index contributed by atoms with van der Waals surface area (Å²) in [5, 5.41) is 9.39. The van der Waals surface area contributed by atoms with Crippen molar-refractivity contribution in [3.8, 4) is 0 Å². The molecule has 0 atom stereocenters. The van der Waals surface area contributed by atoms with Crippen molar-refractivity contribution >= 4 is 56.3 Å². The van der Waals surface area contributed by atoms with Gasteiger partial charge in [0.15, 0.2) is 5.82 Å². The van der Waals surface area contributed by atoms with Crippen LogP contribution in [0.4, 0.5) is 11.5 Å². The number of aromatic nitrogens is 2. The Balaban J connectivity index is 2.04. The van der Waals surface area contributed by atoms with Crippen LogP contribution in [0.3, 0.4) is 0 Å². The van der Waals surface area contributed by atoms with E-state index < -0.39 is 0 Å². The van der Waals surface area contributed by atoms with Gasteiger partial charge in [0.05, 0.1) is 9.72 Å². The van der Waals surface area contributed by atoms with Gasteiger partial charge in [-0.05, 0) is 24.3 Å². The molecular formula is C12H9Cl2N3S. The summed E-state index contributed by atoms with van der Waals surface area (Å²) in [6, 6.07) is 9.45. The Hall–Kier alpha value is -1.23. The highest BCUT2D eigenvalue weighted by molar-refractivity contribution is 7.22. The van der Waals surface area contributed by atoms with Crippen molar-refractivity contribution in [1.29, 1.82) is 0 Å². The van der Waals surface area contributed by atoms with E-state index in [-0.39, 0.29) is 0 Å². The lowest BCUT2D eigenvalue weighted by molar-refractivity contribution is 0.806. The number of nitrogens with zero attached hydrogens (tertiary/aromatic N) is 2. The summed E-state index contributed by atoms with van der Waals surface area (Å²) in [5.74, 6) is 0.790. The van der Waals surface area contributed by atoms with Crippen LogP contribution < -0.4 is 5.32 Å². The average molecular weight is 298 g/mol. The van der Waals surface area contributed by atoms with E-state index in [1.807, 2.05) is 42.1 Å². The van der Waals surface area contributed by atoms with Crippen LogP contribution >= 0.6 is 34.5 Å². The molecule has 0 amide bonds. The van der Waals surface area contributed by atoms with E-state index in [4.69, 9.17) is 23.2 Å². The maximum Gasteiger partial charge on any atom is 0.161 e. The number of hydrogen-bond donors (Lipinski definition) is 1. The second-order valence-electron chi connectivity index (χ2n) is 3.88. The summed E-state index contributed by atoms with van der Waals surface area (Å²) in [6.07, 6.45) is 0. The molecule has 2 aromatic heterocycles. The van der Waals surface area contributed by atoms with Crippen molar-refractivity contribution in [3.63, 3.8) is 0 Å². The fraction of sp³-hybridized carbons (Fsp3) is 0.0833. The summed E-state index contributed by atoms with van der Waals surface area (Å²) in [7, 11) is 1.90. The molecule has 3 aromatic rings. The van der Waals surface area contributed by atoms with Crippen LogP contribution in [-0.4, -0.2) is 9.78 Å². The third kappa shape index (κ3) is 2.07. The highest BCUT2D eigenvalue weighted by Crippen LogP contribution is 2.34. The van der Waals surface area contributed by atoms with E-state index in [0.717, 1.165) is 26.1 Å². The number of rotatable bonds is 2. The van der Waals surface area contributed by atoms with E-state index in [1.54, 1.807) is 0 Å². The first-order valence-corrected chi connectivity index (χ1v) is 6.85. The number of hydrogen-bond acceptors (Lipinski definition) is 3. The molecule has 0 aliphatic rings. The first-order valence-electron chi connectivity index (χ1n) is 5.28. The monoisotopic (exact) mass is 297 g/mol. The molecule has 1 aromatic carbocycles. The Kier molecular flexibility index (Phi) is 2.93. The molecule has 1 N–H and O–H groups in total. The zero-order valence-corrected chi connectivity index (χ0v) is 11.8.